The summed E-state index contributed by atoms with van der Waals surface area (Å²) in [5.74, 6) is -1.54. The van der Waals surface area contributed by atoms with Gasteiger partial charge in [0.15, 0.2) is 0 Å². The molecule has 1 aliphatic heterocycles. The molecular formula is C13H20N2O5. The minimum atomic E-state index is -0.510. The van der Waals surface area contributed by atoms with E-state index >= 15 is 0 Å². The third-order valence-corrected chi connectivity index (χ3v) is 2.94. The third kappa shape index (κ3) is 5.08. The summed E-state index contributed by atoms with van der Waals surface area (Å²) >= 11 is 0. The van der Waals surface area contributed by atoms with Crippen LogP contribution in [0.1, 0.15) is 38.5 Å². The summed E-state index contributed by atoms with van der Waals surface area (Å²) in [7, 11) is 1.59. The number of imide groups is 3. The normalized spacial score (nSPS) is 14.8. The van der Waals surface area contributed by atoms with Crippen molar-refractivity contribution in [2.45, 2.75) is 38.5 Å². The lowest BCUT2D eigenvalue weighted by atomic mass is 10.2. The van der Waals surface area contributed by atoms with Crippen LogP contribution in [-0.4, -0.2) is 48.8 Å². The number of nitrogens with zero attached hydrogens (tertiary/aromatic N) is 1. The van der Waals surface area contributed by atoms with E-state index < -0.39 is 17.7 Å². The second-order valence-electron chi connectivity index (χ2n) is 4.57. The van der Waals surface area contributed by atoms with Crippen LogP contribution in [0.2, 0.25) is 0 Å². The molecule has 112 valence electrons. The molecule has 0 radical (unpaired) electrons. The second-order valence-corrected chi connectivity index (χ2v) is 4.57. The van der Waals surface area contributed by atoms with Crippen molar-refractivity contribution < 1.29 is 23.9 Å². The number of hydrogen-bond donors (Lipinski definition) is 1. The molecule has 4 amide bonds. The highest BCUT2D eigenvalue weighted by molar-refractivity contribution is 6.15. The van der Waals surface area contributed by atoms with Crippen LogP contribution in [0, 0.1) is 0 Å². The summed E-state index contributed by atoms with van der Waals surface area (Å²) in [4.78, 5) is 46.5. The fraction of sp³-hybridized carbons (Fsp3) is 0.692. The molecule has 7 heteroatoms. The first-order valence-electron chi connectivity index (χ1n) is 6.70. The van der Waals surface area contributed by atoms with E-state index in [2.05, 4.69) is 5.32 Å². The summed E-state index contributed by atoms with van der Waals surface area (Å²) in [5.41, 5.74) is 0. The number of nitrogens with one attached hydrogen (secondary N) is 1. The highest BCUT2D eigenvalue weighted by Crippen LogP contribution is 2.14. The number of carbonyl (C=O) groups excluding carboxylic acids is 4. The van der Waals surface area contributed by atoms with Crippen LogP contribution >= 0.6 is 0 Å². The maximum Gasteiger partial charge on any atom is 0.236 e. The average Bonchev–Trinajstić information content (AvgIpc) is 2.74. The Hall–Kier alpha value is -1.76. The monoisotopic (exact) mass is 284 g/mol. The van der Waals surface area contributed by atoms with Gasteiger partial charge in [-0.2, -0.15) is 0 Å². The fourth-order valence-corrected chi connectivity index (χ4v) is 1.90. The van der Waals surface area contributed by atoms with Gasteiger partial charge < -0.3 is 10.1 Å². The largest absolute Gasteiger partial charge is 0.385 e. The number of amides is 4. The molecule has 0 aromatic carbocycles. The van der Waals surface area contributed by atoms with Crippen molar-refractivity contribution in [2.75, 3.05) is 20.3 Å². The lowest BCUT2D eigenvalue weighted by Crippen LogP contribution is -2.35. The van der Waals surface area contributed by atoms with E-state index in [0.29, 0.717) is 24.5 Å². The maximum atomic E-state index is 11.7. The molecule has 1 saturated heterocycles. The van der Waals surface area contributed by atoms with Gasteiger partial charge in [-0.25, -0.2) is 4.90 Å². The number of carbonyl (C=O) groups is 4. The van der Waals surface area contributed by atoms with Crippen molar-refractivity contribution >= 4 is 23.6 Å². The predicted molar refractivity (Wildman–Crippen MR) is 69.4 cm³/mol. The summed E-state index contributed by atoms with van der Waals surface area (Å²) in [5, 5.41) is 2.70. The first-order valence-corrected chi connectivity index (χ1v) is 6.70. The van der Waals surface area contributed by atoms with Gasteiger partial charge in [0.1, 0.15) is 0 Å². The molecule has 0 bridgehead atoms. The molecule has 0 atom stereocenters. The summed E-state index contributed by atoms with van der Waals surface area (Å²) in [6.45, 7) is 1.11. The Morgan fingerprint density at radius 3 is 2.40 bits per heavy atom. The number of likely N-dealkylation sites (tertiary alicyclic amines) is 1. The molecule has 0 spiro atoms. The Balaban J connectivity index is 2.17. The van der Waals surface area contributed by atoms with Crippen LogP contribution in [0.15, 0.2) is 0 Å². The first-order chi connectivity index (χ1) is 9.56. The molecule has 0 saturated carbocycles. The third-order valence-electron chi connectivity index (χ3n) is 2.94. The van der Waals surface area contributed by atoms with Crippen LogP contribution in [0.5, 0.6) is 0 Å². The van der Waals surface area contributed by atoms with Gasteiger partial charge in [0.25, 0.3) is 0 Å². The highest BCUT2D eigenvalue weighted by Gasteiger charge is 2.33. The van der Waals surface area contributed by atoms with E-state index in [1.54, 1.807) is 7.11 Å². The molecule has 1 N–H and O–H groups in total. The molecule has 0 unspecified atom stereocenters. The lowest BCUT2D eigenvalue weighted by Gasteiger charge is -2.11. The predicted octanol–water partition coefficient (Wildman–Crippen LogP) is -0.0150. The molecule has 1 heterocycles. The van der Waals surface area contributed by atoms with Gasteiger partial charge in [0, 0.05) is 45.9 Å². The molecule has 0 aromatic heterocycles. The number of ether oxygens (including phenoxy) is 1. The van der Waals surface area contributed by atoms with Gasteiger partial charge in [0.05, 0.1) is 0 Å². The van der Waals surface area contributed by atoms with Gasteiger partial charge >= 0.3 is 0 Å². The van der Waals surface area contributed by atoms with Crippen molar-refractivity contribution in [1.82, 2.24) is 10.2 Å². The van der Waals surface area contributed by atoms with E-state index in [9.17, 15) is 19.2 Å². The molecule has 7 nitrogen and oxygen atoms in total. The van der Waals surface area contributed by atoms with Gasteiger partial charge in [0.2, 0.25) is 23.6 Å². The molecule has 1 aliphatic rings. The standard InChI is InChI=1S/C13H20N2O5/c1-20-9-3-8-14-10(16)4-2-5-11(17)15-12(18)6-7-13(15)19/h2-9H2,1H3,(H,14,16). The van der Waals surface area contributed by atoms with Crippen molar-refractivity contribution in [1.29, 1.82) is 0 Å². The van der Waals surface area contributed by atoms with Crippen LogP contribution in [-0.2, 0) is 23.9 Å². The van der Waals surface area contributed by atoms with E-state index in [1.165, 1.54) is 0 Å². The molecule has 20 heavy (non-hydrogen) atoms. The Labute approximate surface area is 117 Å². The number of rotatable bonds is 8. The maximum absolute atomic E-state index is 11.7. The van der Waals surface area contributed by atoms with Crippen molar-refractivity contribution in [2.24, 2.45) is 0 Å². The van der Waals surface area contributed by atoms with Crippen LogP contribution < -0.4 is 5.32 Å². The van der Waals surface area contributed by atoms with Crippen molar-refractivity contribution in [3.8, 4) is 0 Å². The smallest absolute Gasteiger partial charge is 0.236 e. The molecule has 0 aliphatic carbocycles. The summed E-state index contributed by atoms with van der Waals surface area (Å²) in [6, 6.07) is 0. The fourth-order valence-electron chi connectivity index (χ4n) is 1.90. The minimum Gasteiger partial charge on any atom is -0.385 e. The Morgan fingerprint density at radius 2 is 1.80 bits per heavy atom. The first kappa shape index (κ1) is 16.3. The van der Waals surface area contributed by atoms with E-state index in [1.807, 2.05) is 0 Å². The molecular weight excluding hydrogens is 264 g/mol. The Kier molecular flexibility index (Phi) is 6.86. The van der Waals surface area contributed by atoms with Gasteiger partial charge in [-0.3, -0.25) is 19.2 Å². The zero-order valence-corrected chi connectivity index (χ0v) is 11.6. The zero-order valence-electron chi connectivity index (χ0n) is 11.6. The SMILES string of the molecule is COCCCNC(=O)CCCC(=O)N1C(=O)CCC1=O. The number of methoxy groups -OCH3 is 1. The van der Waals surface area contributed by atoms with Gasteiger partial charge in [-0.05, 0) is 12.8 Å². The lowest BCUT2D eigenvalue weighted by molar-refractivity contribution is -0.149. The van der Waals surface area contributed by atoms with E-state index in [4.69, 9.17) is 4.74 Å². The summed E-state index contributed by atoms with van der Waals surface area (Å²) < 4.78 is 4.85. The summed E-state index contributed by atoms with van der Waals surface area (Å²) in [6.07, 6.45) is 1.50. The quantitative estimate of drug-likeness (QED) is 0.499. The van der Waals surface area contributed by atoms with Crippen molar-refractivity contribution in [3.63, 3.8) is 0 Å². The van der Waals surface area contributed by atoms with Crippen LogP contribution in [0.3, 0.4) is 0 Å². The van der Waals surface area contributed by atoms with Crippen LogP contribution in [0.4, 0.5) is 0 Å². The Bertz CT molecular complexity index is 378. The van der Waals surface area contributed by atoms with E-state index in [-0.39, 0.29) is 31.6 Å². The number of hydrogen-bond acceptors (Lipinski definition) is 5. The van der Waals surface area contributed by atoms with Crippen LogP contribution in [0.25, 0.3) is 0 Å². The van der Waals surface area contributed by atoms with Gasteiger partial charge in [-0.15, -0.1) is 0 Å². The second kappa shape index (κ2) is 8.42. The van der Waals surface area contributed by atoms with E-state index in [0.717, 1.165) is 6.42 Å². The molecule has 0 aromatic rings. The molecule has 1 fully saturated rings. The topological polar surface area (TPSA) is 92.8 Å². The molecule has 1 rings (SSSR count). The average molecular weight is 284 g/mol. The zero-order chi connectivity index (χ0) is 15.0. The minimum absolute atomic E-state index is 0.0307. The van der Waals surface area contributed by atoms with Gasteiger partial charge in [-0.1, -0.05) is 0 Å². The van der Waals surface area contributed by atoms with Crippen molar-refractivity contribution in [3.05, 3.63) is 0 Å². The Morgan fingerprint density at radius 1 is 1.15 bits per heavy atom. The highest BCUT2D eigenvalue weighted by atomic mass is 16.5.